The number of nitrogens with zero attached hydrogens (tertiary/aromatic N) is 2. The van der Waals surface area contributed by atoms with Crippen molar-refractivity contribution in [3.8, 4) is 0 Å². The minimum absolute atomic E-state index is 0.278. The van der Waals surface area contributed by atoms with Crippen molar-refractivity contribution in [3.63, 3.8) is 0 Å². The minimum Gasteiger partial charge on any atom is -0.477 e. The van der Waals surface area contributed by atoms with Gasteiger partial charge in [-0.3, -0.25) is 0 Å². The molecule has 1 amide bonds. The number of carboxylic acids is 1. The van der Waals surface area contributed by atoms with Crippen molar-refractivity contribution in [1.82, 2.24) is 4.90 Å². The van der Waals surface area contributed by atoms with Gasteiger partial charge in [-0.15, -0.1) is 11.3 Å². The first-order valence-corrected chi connectivity index (χ1v) is 6.93. The van der Waals surface area contributed by atoms with Gasteiger partial charge in [-0.1, -0.05) is 0 Å². The van der Waals surface area contributed by atoms with Crippen molar-refractivity contribution in [2.45, 2.75) is 6.92 Å². The minimum atomic E-state index is -0.901. The lowest BCUT2D eigenvalue weighted by Crippen LogP contribution is -2.48. The molecule has 1 aromatic heterocycles. The van der Waals surface area contributed by atoms with Crippen LogP contribution in [0.2, 0.25) is 0 Å². The molecule has 0 unspecified atom stereocenters. The zero-order chi connectivity index (χ0) is 13.8. The van der Waals surface area contributed by atoms with Crippen LogP contribution in [0.3, 0.4) is 0 Å². The summed E-state index contributed by atoms with van der Waals surface area (Å²) in [5.74, 6) is -0.901. The highest BCUT2D eigenvalue weighted by atomic mass is 32.1. The molecule has 0 aromatic carbocycles. The van der Waals surface area contributed by atoms with E-state index in [-0.39, 0.29) is 6.09 Å². The number of amides is 1. The molecule has 104 valence electrons. The zero-order valence-corrected chi connectivity index (χ0v) is 11.5. The van der Waals surface area contributed by atoms with Gasteiger partial charge in [0.1, 0.15) is 4.88 Å². The van der Waals surface area contributed by atoms with Gasteiger partial charge < -0.3 is 19.6 Å². The third-order valence-electron chi connectivity index (χ3n) is 2.92. The normalized spacial score (nSPS) is 15.4. The van der Waals surface area contributed by atoms with Gasteiger partial charge in [-0.25, -0.2) is 9.59 Å². The highest BCUT2D eigenvalue weighted by molar-refractivity contribution is 7.17. The summed E-state index contributed by atoms with van der Waals surface area (Å²) in [4.78, 5) is 26.5. The molecule has 7 heteroatoms. The molecule has 0 atom stereocenters. The topological polar surface area (TPSA) is 70.1 Å². The average Bonchev–Trinajstić information content (AvgIpc) is 2.89. The van der Waals surface area contributed by atoms with Crippen LogP contribution in [0.25, 0.3) is 0 Å². The summed E-state index contributed by atoms with van der Waals surface area (Å²) in [6, 6.07) is 3.42. The maximum absolute atomic E-state index is 11.5. The van der Waals surface area contributed by atoms with Gasteiger partial charge in [-0.05, 0) is 19.1 Å². The number of carboxylic acid groups (broad SMARTS) is 1. The van der Waals surface area contributed by atoms with Crippen LogP contribution >= 0.6 is 11.3 Å². The van der Waals surface area contributed by atoms with Crippen LogP contribution in [-0.2, 0) is 4.74 Å². The smallest absolute Gasteiger partial charge is 0.409 e. The second kappa shape index (κ2) is 5.92. The quantitative estimate of drug-likeness (QED) is 0.915. The number of carbonyl (C=O) groups is 2. The molecule has 1 N–H and O–H groups in total. The van der Waals surface area contributed by atoms with Crippen LogP contribution in [0.1, 0.15) is 16.6 Å². The summed E-state index contributed by atoms with van der Waals surface area (Å²) in [7, 11) is 0. The Morgan fingerprint density at radius 2 is 2.00 bits per heavy atom. The molecular weight excluding hydrogens is 268 g/mol. The largest absolute Gasteiger partial charge is 0.477 e. The molecular formula is C12H16N2O4S. The van der Waals surface area contributed by atoms with Crippen molar-refractivity contribution < 1.29 is 19.4 Å². The molecule has 1 aromatic rings. The van der Waals surface area contributed by atoms with Crippen molar-refractivity contribution >= 4 is 28.4 Å². The molecule has 1 saturated heterocycles. The van der Waals surface area contributed by atoms with Crippen LogP contribution in [0.15, 0.2) is 12.1 Å². The van der Waals surface area contributed by atoms with Gasteiger partial charge >= 0.3 is 12.1 Å². The number of hydrogen-bond donors (Lipinski definition) is 1. The highest BCUT2D eigenvalue weighted by Crippen LogP contribution is 2.27. The molecule has 1 aliphatic rings. The van der Waals surface area contributed by atoms with E-state index in [0.717, 1.165) is 5.00 Å². The van der Waals surface area contributed by atoms with Gasteiger partial charge in [0.25, 0.3) is 0 Å². The molecule has 6 nitrogen and oxygen atoms in total. The van der Waals surface area contributed by atoms with Gasteiger partial charge in [0, 0.05) is 26.2 Å². The fraction of sp³-hybridized carbons (Fsp3) is 0.500. The van der Waals surface area contributed by atoms with Crippen molar-refractivity contribution in [1.29, 1.82) is 0 Å². The second-order valence-corrected chi connectivity index (χ2v) is 5.18. The van der Waals surface area contributed by atoms with Crippen LogP contribution in [-0.4, -0.2) is 54.9 Å². The average molecular weight is 284 g/mol. The Bertz CT molecular complexity index is 466. The number of thiophene rings is 1. The Morgan fingerprint density at radius 1 is 1.32 bits per heavy atom. The van der Waals surface area contributed by atoms with E-state index in [2.05, 4.69) is 4.90 Å². The summed E-state index contributed by atoms with van der Waals surface area (Å²) < 4.78 is 4.95. The lowest BCUT2D eigenvalue weighted by atomic mass is 10.3. The first-order chi connectivity index (χ1) is 9.11. The van der Waals surface area contributed by atoms with Crippen LogP contribution in [0, 0.1) is 0 Å². The molecule has 2 rings (SSSR count). The van der Waals surface area contributed by atoms with E-state index in [1.54, 1.807) is 17.9 Å². The van der Waals surface area contributed by atoms with E-state index in [1.807, 2.05) is 6.07 Å². The molecule has 1 aliphatic heterocycles. The zero-order valence-electron chi connectivity index (χ0n) is 10.7. The standard InChI is InChI=1S/C12H16N2O4S/c1-2-18-12(17)14-7-5-13(6-8-14)10-4-3-9(19-10)11(15)16/h3-4H,2,5-8H2,1H3,(H,15,16). The summed E-state index contributed by atoms with van der Waals surface area (Å²) >= 11 is 1.26. The maximum atomic E-state index is 11.5. The van der Waals surface area contributed by atoms with E-state index in [4.69, 9.17) is 9.84 Å². The first-order valence-electron chi connectivity index (χ1n) is 6.11. The fourth-order valence-electron chi connectivity index (χ4n) is 1.94. The predicted octanol–water partition coefficient (Wildman–Crippen LogP) is 1.72. The van der Waals surface area contributed by atoms with E-state index in [1.165, 1.54) is 11.3 Å². The van der Waals surface area contributed by atoms with E-state index >= 15 is 0 Å². The lowest BCUT2D eigenvalue weighted by Gasteiger charge is -2.34. The second-order valence-electron chi connectivity index (χ2n) is 4.12. The maximum Gasteiger partial charge on any atom is 0.409 e. The van der Waals surface area contributed by atoms with Crippen molar-refractivity contribution in [3.05, 3.63) is 17.0 Å². The van der Waals surface area contributed by atoms with Gasteiger partial charge in [0.05, 0.1) is 11.6 Å². The van der Waals surface area contributed by atoms with Crippen LogP contribution in [0.5, 0.6) is 0 Å². The van der Waals surface area contributed by atoms with Gasteiger partial charge in [-0.2, -0.15) is 0 Å². The molecule has 1 fully saturated rings. The highest BCUT2D eigenvalue weighted by Gasteiger charge is 2.23. The molecule has 19 heavy (non-hydrogen) atoms. The Hall–Kier alpha value is -1.76. The molecule has 0 saturated carbocycles. The predicted molar refractivity (Wildman–Crippen MR) is 72.1 cm³/mol. The molecule has 0 spiro atoms. The Labute approximate surface area is 115 Å². The summed E-state index contributed by atoms with van der Waals surface area (Å²) in [5.41, 5.74) is 0. The number of hydrogen-bond acceptors (Lipinski definition) is 5. The fourth-order valence-corrected chi connectivity index (χ4v) is 2.83. The first kappa shape index (κ1) is 13.7. The summed E-state index contributed by atoms with van der Waals surface area (Å²) in [6.07, 6.45) is -0.278. The third-order valence-corrected chi connectivity index (χ3v) is 4.05. The monoisotopic (exact) mass is 284 g/mol. The van der Waals surface area contributed by atoms with Crippen molar-refractivity contribution in [2.24, 2.45) is 0 Å². The number of carbonyl (C=O) groups excluding carboxylic acids is 1. The molecule has 0 radical (unpaired) electrons. The number of anilines is 1. The number of piperazine rings is 1. The van der Waals surface area contributed by atoms with Gasteiger partial charge in [0.15, 0.2) is 0 Å². The van der Waals surface area contributed by atoms with Gasteiger partial charge in [0.2, 0.25) is 0 Å². The molecule has 2 heterocycles. The van der Waals surface area contributed by atoms with E-state index < -0.39 is 5.97 Å². The van der Waals surface area contributed by atoms with Crippen LogP contribution in [0.4, 0.5) is 9.80 Å². The number of rotatable bonds is 3. The molecule has 0 aliphatic carbocycles. The van der Waals surface area contributed by atoms with E-state index in [0.29, 0.717) is 37.7 Å². The van der Waals surface area contributed by atoms with Crippen molar-refractivity contribution in [2.75, 3.05) is 37.7 Å². The Kier molecular flexibility index (Phi) is 4.26. The lowest BCUT2D eigenvalue weighted by molar-refractivity contribution is 0.0702. The Balaban J connectivity index is 1.92. The Morgan fingerprint density at radius 3 is 2.53 bits per heavy atom. The summed E-state index contributed by atoms with van der Waals surface area (Å²) in [6.45, 7) is 4.74. The van der Waals surface area contributed by atoms with E-state index in [9.17, 15) is 9.59 Å². The van der Waals surface area contributed by atoms with Crippen LogP contribution < -0.4 is 4.90 Å². The number of aromatic carboxylic acids is 1. The third kappa shape index (κ3) is 3.17. The SMILES string of the molecule is CCOC(=O)N1CCN(c2ccc(C(=O)O)s2)CC1. The number of ether oxygens (including phenoxy) is 1. The summed E-state index contributed by atoms with van der Waals surface area (Å²) in [5, 5.41) is 9.82. The molecule has 0 bridgehead atoms.